The molecule has 1 heterocycles. The molecular weight excluding hydrogens is 239 g/mol. The molecule has 0 aromatic carbocycles. The summed E-state index contributed by atoms with van der Waals surface area (Å²) in [6.07, 6.45) is 2.12. The van der Waals surface area contributed by atoms with Crippen LogP contribution in [0.5, 0.6) is 0 Å². The number of halogens is 1. The Kier molecular flexibility index (Phi) is 2.33. The second-order valence-corrected chi connectivity index (χ2v) is 3.42. The molecule has 0 aliphatic carbocycles. The number of aromatic nitrogens is 2. The van der Waals surface area contributed by atoms with E-state index in [1.807, 2.05) is 0 Å². The highest BCUT2D eigenvalue weighted by atomic mass is 127. The first kappa shape index (κ1) is 8.04. The highest BCUT2D eigenvalue weighted by Crippen LogP contribution is 2.05. The fourth-order valence-electron chi connectivity index (χ4n) is 0.977. The minimum Gasteiger partial charge on any atom is -0.234 e. The highest BCUT2D eigenvalue weighted by molar-refractivity contribution is 14.1. The van der Waals surface area contributed by atoms with E-state index in [0.717, 1.165) is 6.54 Å². The van der Waals surface area contributed by atoms with Crippen LogP contribution in [0.15, 0.2) is 6.33 Å². The molecule has 0 bridgehead atoms. The molecule has 0 radical (unpaired) electrons. The molecule has 0 N–H and O–H groups in total. The van der Waals surface area contributed by atoms with Gasteiger partial charge in [0.1, 0.15) is 5.69 Å². The van der Waals surface area contributed by atoms with Crippen molar-refractivity contribution in [2.75, 3.05) is 0 Å². The van der Waals surface area contributed by atoms with Gasteiger partial charge in [0.2, 0.25) is 22.9 Å². The van der Waals surface area contributed by atoms with E-state index in [9.17, 15) is 0 Å². The topological polar surface area (TPSA) is 8.81 Å². The van der Waals surface area contributed by atoms with Crippen LogP contribution >= 0.6 is 22.9 Å². The molecule has 10 heavy (non-hydrogen) atoms. The van der Waals surface area contributed by atoms with Gasteiger partial charge in [0.05, 0.1) is 6.54 Å². The summed E-state index contributed by atoms with van der Waals surface area (Å²) in [5.41, 5.74) is 2.69. The van der Waals surface area contributed by atoms with Crippen molar-refractivity contribution in [1.82, 2.24) is 2.78 Å². The smallest absolute Gasteiger partial charge is 0.234 e. The van der Waals surface area contributed by atoms with E-state index in [-0.39, 0.29) is 0 Å². The van der Waals surface area contributed by atoms with Crippen molar-refractivity contribution >= 4 is 22.9 Å². The third-order valence-electron chi connectivity index (χ3n) is 1.86. The Bertz CT molecular complexity index is 240. The second-order valence-electron chi connectivity index (χ2n) is 2.38. The summed E-state index contributed by atoms with van der Waals surface area (Å²) in [7, 11) is 0. The lowest BCUT2D eigenvalue weighted by atomic mass is 10.4. The van der Waals surface area contributed by atoms with Crippen molar-refractivity contribution in [2.24, 2.45) is 0 Å². The minimum absolute atomic E-state index is 1.06. The summed E-state index contributed by atoms with van der Waals surface area (Å²) in [6, 6.07) is 0. The molecule has 0 fully saturated rings. The minimum atomic E-state index is 1.06. The summed E-state index contributed by atoms with van der Waals surface area (Å²) in [5.74, 6) is 0. The average molecular weight is 251 g/mol. The predicted molar refractivity (Wildman–Crippen MR) is 49.2 cm³/mol. The zero-order valence-electron chi connectivity index (χ0n) is 6.56. The Balaban J connectivity index is 3.17. The molecule has 1 aromatic heterocycles. The van der Waals surface area contributed by atoms with E-state index in [2.05, 4.69) is 57.3 Å². The van der Waals surface area contributed by atoms with Crippen molar-refractivity contribution < 1.29 is 4.57 Å². The van der Waals surface area contributed by atoms with Gasteiger partial charge >= 0.3 is 0 Å². The van der Waals surface area contributed by atoms with Crippen molar-refractivity contribution in [3.63, 3.8) is 0 Å². The number of rotatable bonds is 1. The number of hydrogen-bond donors (Lipinski definition) is 0. The fourth-order valence-corrected chi connectivity index (χ4v) is 1.63. The molecule has 0 spiro atoms. The van der Waals surface area contributed by atoms with Gasteiger partial charge in [0, 0.05) is 13.8 Å². The third kappa shape index (κ3) is 1.19. The van der Waals surface area contributed by atoms with E-state index < -0.39 is 0 Å². The monoisotopic (exact) mass is 251 g/mol. The molecule has 0 amide bonds. The Labute approximate surface area is 75.4 Å². The van der Waals surface area contributed by atoms with Gasteiger partial charge in [-0.25, -0.2) is 4.57 Å². The van der Waals surface area contributed by atoms with Crippen LogP contribution in [-0.4, -0.2) is 2.78 Å². The summed E-state index contributed by atoms with van der Waals surface area (Å²) in [6.45, 7) is 7.49. The Hall–Kier alpha value is -0.0600. The van der Waals surface area contributed by atoms with Gasteiger partial charge in [0.15, 0.2) is 5.69 Å². The number of hydrogen-bond acceptors (Lipinski definition) is 0. The zero-order valence-corrected chi connectivity index (χ0v) is 8.71. The average Bonchev–Trinajstić information content (AvgIpc) is 2.17. The Morgan fingerprint density at radius 2 is 2.20 bits per heavy atom. The van der Waals surface area contributed by atoms with Crippen molar-refractivity contribution in [3.05, 3.63) is 17.7 Å². The lowest BCUT2D eigenvalue weighted by molar-refractivity contribution is -0.698. The van der Waals surface area contributed by atoms with Gasteiger partial charge in [-0.3, -0.25) is 0 Å². The molecule has 56 valence electrons. The molecule has 1 aromatic rings. The van der Waals surface area contributed by atoms with E-state index in [1.54, 1.807) is 0 Å². The van der Waals surface area contributed by atoms with Crippen LogP contribution in [0.25, 0.3) is 0 Å². The van der Waals surface area contributed by atoms with Gasteiger partial charge in [-0.05, 0) is 6.92 Å². The summed E-state index contributed by atoms with van der Waals surface area (Å²) >= 11 is 2.29. The van der Waals surface area contributed by atoms with E-state index in [4.69, 9.17) is 0 Å². The largest absolute Gasteiger partial charge is 0.252 e. The first-order chi connectivity index (χ1) is 4.66. The summed E-state index contributed by atoms with van der Waals surface area (Å²) in [4.78, 5) is 0. The molecule has 0 saturated heterocycles. The van der Waals surface area contributed by atoms with Crippen LogP contribution < -0.4 is 4.57 Å². The number of aryl methyl sites for hydroxylation is 1. The number of imidazole rings is 1. The molecular formula is C7H12IN2+. The van der Waals surface area contributed by atoms with Gasteiger partial charge in [-0.1, -0.05) is 0 Å². The van der Waals surface area contributed by atoms with Gasteiger partial charge < -0.3 is 0 Å². The summed E-state index contributed by atoms with van der Waals surface area (Å²) in [5, 5.41) is 0. The van der Waals surface area contributed by atoms with Crippen LogP contribution in [0.1, 0.15) is 18.3 Å². The molecule has 0 atom stereocenters. The van der Waals surface area contributed by atoms with Crippen LogP contribution in [0, 0.1) is 13.8 Å². The maximum absolute atomic E-state index is 2.29. The van der Waals surface area contributed by atoms with Crippen LogP contribution in [-0.2, 0) is 6.54 Å². The van der Waals surface area contributed by atoms with Crippen LogP contribution in [0.2, 0.25) is 0 Å². The molecule has 2 nitrogen and oxygen atoms in total. The lowest BCUT2D eigenvalue weighted by Crippen LogP contribution is -2.32. The maximum atomic E-state index is 2.29. The molecule has 0 saturated carbocycles. The second kappa shape index (κ2) is 2.90. The first-order valence-electron chi connectivity index (χ1n) is 3.41. The maximum Gasteiger partial charge on any atom is 0.252 e. The molecule has 0 unspecified atom stereocenters. The van der Waals surface area contributed by atoms with Gasteiger partial charge in [-0.15, -0.1) is 0 Å². The van der Waals surface area contributed by atoms with E-state index in [1.165, 1.54) is 11.4 Å². The van der Waals surface area contributed by atoms with Crippen molar-refractivity contribution in [1.29, 1.82) is 0 Å². The van der Waals surface area contributed by atoms with E-state index in [0.29, 0.717) is 0 Å². The molecule has 0 aliphatic rings. The fraction of sp³-hybridized carbons (Fsp3) is 0.571. The zero-order chi connectivity index (χ0) is 7.72. The third-order valence-corrected chi connectivity index (χ3v) is 2.83. The Morgan fingerprint density at radius 1 is 1.60 bits per heavy atom. The standard InChI is InChI=1S/C7H12IN2/c1-4-9-5-10(8)7(3)6(9)2/h5H,4H2,1-3H3/q+1. The van der Waals surface area contributed by atoms with Crippen molar-refractivity contribution in [3.8, 4) is 0 Å². The molecule has 3 heteroatoms. The van der Waals surface area contributed by atoms with E-state index >= 15 is 0 Å². The molecule has 1 rings (SSSR count). The highest BCUT2D eigenvalue weighted by Gasteiger charge is 2.11. The SMILES string of the molecule is CC[n+]1cn(I)c(C)c1C. The van der Waals surface area contributed by atoms with Gasteiger partial charge in [0.25, 0.3) is 6.33 Å². The first-order valence-corrected chi connectivity index (χ1v) is 4.37. The van der Waals surface area contributed by atoms with Crippen LogP contribution in [0.3, 0.4) is 0 Å². The number of nitrogens with zero attached hydrogens (tertiary/aromatic N) is 2. The van der Waals surface area contributed by atoms with Crippen LogP contribution in [0.4, 0.5) is 0 Å². The normalized spacial score (nSPS) is 10.4. The van der Waals surface area contributed by atoms with Gasteiger partial charge in [-0.2, -0.15) is 2.78 Å². The molecule has 0 aliphatic heterocycles. The quantitative estimate of drug-likeness (QED) is 0.529. The predicted octanol–water partition coefficient (Wildman–Crippen LogP) is 1.61. The lowest BCUT2D eigenvalue weighted by Gasteiger charge is -1.88. The van der Waals surface area contributed by atoms with Crippen molar-refractivity contribution in [2.45, 2.75) is 27.3 Å². The summed E-state index contributed by atoms with van der Waals surface area (Å²) < 4.78 is 4.36. The Morgan fingerprint density at radius 3 is 2.40 bits per heavy atom.